The lowest BCUT2D eigenvalue weighted by atomic mass is 10.0. The minimum Gasteiger partial charge on any atom is -0.390 e. The van der Waals surface area contributed by atoms with Gasteiger partial charge in [0.25, 0.3) is 0 Å². The lowest BCUT2D eigenvalue weighted by Crippen LogP contribution is -2.55. The summed E-state index contributed by atoms with van der Waals surface area (Å²) in [7, 11) is 1.56. The predicted molar refractivity (Wildman–Crippen MR) is 66.3 cm³/mol. The maximum atomic E-state index is 10.1. The molecule has 0 amide bonds. The van der Waals surface area contributed by atoms with Crippen LogP contribution in [-0.4, -0.2) is 43.4 Å². The Kier molecular flexibility index (Phi) is 3.81. The topological polar surface area (TPSA) is 57.2 Å². The molecule has 5 heteroatoms. The molecule has 2 heterocycles. The monoisotopic (exact) mass is 266 g/mol. The van der Waals surface area contributed by atoms with Gasteiger partial charge in [-0.15, -0.1) is 0 Å². The second-order valence-corrected chi connectivity index (χ2v) is 4.82. The molecule has 0 radical (unpaired) electrons. The van der Waals surface area contributed by atoms with Gasteiger partial charge in [-0.3, -0.25) is 0 Å². The molecular formula is C14H18O5. The summed E-state index contributed by atoms with van der Waals surface area (Å²) in [5.41, 5.74) is 0.946. The minimum atomic E-state index is -0.598. The van der Waals surface area contributed by atoms with Gasteiger partial charge in [-0.25, -0.2) is 0 Å². The molecule has 0 spiro atoms. The van der Waals surface area contributed by atoms with Crippen LogP contribution in [0.3, 0.4) is 0 Å². The molecule has 104 valence electrons. The van der Waals surface area contributed by atoms with Crippen LogP contribution in [-0.2, 0) is 18.9 Å². The van der Waals surface area contributed by atoms with Crippen molar-refractivity contribution >= 4 is 0 Å². The highest BCUT2D eigenvalue weighted by Gasteiger charge is 2.43. The Balaban J connectivity index is 1.70. The lowest BCUT2D eigenvalue weighted by molar-refractivity contribution is -0.334. The highest BCUT2D eigenvalue weighted by atomic mass is 16.7. The predicted octanol–water partition coefficient (Wildman–Crippen LogP) is 1.22. The number of aliphatic hydroxyl groups is 1. The van der Waals surface area contributed by atoms with Crippen LogP contribution in [0, 0.1) is 0 Å². The van der Waals surface area contributed by atoms with Crippen LogP contribution in [0.1, 0.15) is 18.3 Å². The quantitative estimate of drug-likeness (QED) is 0.872. The zero-order chi connectivity index (χ0) is 13.2. The second kappa shape index (κ2) is 5.56. The summed E-state index contributed by atoms with van der Waals surface area (Å²) in [6.45, 7) is 0.390. The maximum absolute atomic E-state index is 10.1. The number of benzene rings is 1. The van der Waals surface area contributed by atoms with Gasteiger partial charge >= 0.3 is 0 Å². The first-order valence-corrected chi connectivity index (χ1v) is 6.46. The Bertz CT molecular complexity index is 410. The third-order valence-corrected chi connectivity index (χ3v) is 3.53. The van der Waals surface area contributed by atoms with E-state index in [2.05, 4.69) is 0 Å². The number of hydrogen-bond donors (Lipinski definition) is 1. The number of fused-ring (bicyclic) bond motifs is 1. The number of hydrogen-bond acceptors (Lipinski definition) is 5. The second-order valence-electron chi connectivity index (χ2n) is 4.82. The average Bonchev–Trinajstić information content (AvgIpc) is 2.47. The van der Waals surface area contributed by atoms with Gasteiger partial charge in [-0.2, -0.15) is 0 Å². The number of methoxy groups -OCH3 is 1. The molecule has 3 rings (SSSR count). The van der Waals surface area contributed by atoms with E-state index in [0.29, 0.717) is 13.0 Å². The van der Waals surface area contributed by atoms with E-state index in [9.17, 15) is 5.11 Å². The summed E-state index contributed by atoms with van der Waals surface area (Å²) in [5.74, 6) is 0. The van der Waals surface area contributed by atoms with Crippen molar-refractivity contribution in [3.63, 3.8) is 0 Å². The molecule has 0 bridgehead atoms. The van der Waals surface area contributed by atoms with Crippen LogP contribution in [0.15, 0.2) is 30.3 Å². The van der Waals surface area contributed by atoms with E-state index in [-0.39, 0.29) is 12.2 Å². The Labute approximate surface area is 112 Å². The summed E-state index contributed by atoms with van der Waals surface area (Å²) in [4.78, 5) is 0. The van der Waals surface area contributed by atoms with Gasteiger partial charge in [0.15, 0.2) is 12.6 Å². The van der Waals surface area contributed by atoms with Gasteiger partial charge in [-0.05, 0) is 0 Å². The maximum Gasteiger partial charge on any atom is 0.184 e. The fraction of sp³-hybridized carbons (Fsp3) is 0.571. The first-order valence-electron chi connectivity index (χ1n) is 6.46. The summed E-state index contributed by atoms with van der Waals surface area (Å²) in [5, 5.41) is 10.1. The van der Waals surface area contributed by atoms with Gasteiger partial charge in [0, 0.05) is 19.1 Å². The van der Waals surface area contributed by atoms with Crippen LogP contribution < -0.4 is 0 Å². The molecular weight excluding hydrogens is 248 g/mol. The molecule has 2 aliphatic heterocycles. The summed E-state index contributed by atoms with van der Waals surface area (Å²) >= 11 is 0. The van der Waals surface area contributed by atoms with E-state index >= 15 is 0 Å². The van der Waals surface area contributed by atoms with Crippen LogP contribution in [0.25, 0.3) is 0 Å². The van der Waals surface area contributed by atoms with Crippen LogP contribution in [0.2, 0.25) is 0 Å². The molecule has 1 aromatic carbocycles. The fourth-order valence-corrected chi connectivity index (χ4v) is 2.52. The SMILES string of the molecule is CO[C@@H]1C[C@H](O)[C@@H]2O[C@H](c3ccccc3)OC[C@@H]2O1. The van der Waals surface area contributed by atoms with Crippen molar-refractivity contribution in [1.29, 1.82) is 0 Å². The van der Waals surface area contributed by atoms with Crippen molar-refractivity contribution in [2.75, 3.05) is 13.7 Å². The van der Waals surface area contributed by atoms with Crippen molar-refractivity contribution in [3.05, 3.63) is 35.9 Å². The van der Waals surface area contributed by atoms with Gasteiger partial charge in [-0.1, -0.05) is 30.3 Å². The fourth-order valence-electron chi connectivity index (χ4n) is 2.52. The molecule has 2 fully saturated rings. The standard InChI is InChI=1S/C14H18O5/c1-16-12-7-10(15)13-11(18-12)8-17-14(19-13)9-5-3-2-4-6-9/h2-6,10-15H,7-8H2,1H3/t10-,11-,12-,13-,14+/m0/s1. The number of aliphatic hydroxyl groups excluding tert-OH is 1. The summed E-state index contributed by atoms with van der Waals surface area (Å²) in [6.07, 6.45) is -1.67. The molecule has 5 atom stereocenters. The molecule has 2 saturated heterocycles. The Hall–Kier alpha value is -0.980. The Morgan fingerprint density at radius 2 is 2.00 bits per heavy atom. The Morgan fingerprint density at radius 3 is 2.74 bits per heavy atom. The molecule has 0 saturated carbocycles. The smallest absolute Gasteiger partial charge is 0.184 e. The van der Waals surface area contributed by atoms with Crippen LogP contribution >= 0.6 is 0 Å². The van der Waals surface area contributed by atoms with Crippen molar-refractivity contribution in [1.82, 2.24) is 0 Å². The molecule has 1 N–H and O–H groups in total. The van der Waals surface area contributed by atoms with Gasteiger partial charge < -0.3 is 24.1 Å². The van der Waals surface area contributed by atoms with E-state index in [4.69, 9.17) is 18.9 Å². The average molecular weight is 266 g/mol. The van der Waals surface area contributed by atoms with E-state index in [1.165, 1.54) is 0 Å². The summed E-state index contributed by atoms with van der Waals surface area (Å²) in [6, 6.07) is 9.70. The van der Waals surface area contributed by atoms with E-state index in [1.807, 2.05) is 30.3 Å². The zero-order valence-electron chi connectivity index (χ0n) is 10.8. The van der Waals surface area contributed by atoms with E-state index in [0.717, 1.165) is 5.56 Å². The lowest BCUT2D eigenvalue weighted by Gasteiger charge is -2.43. The van der Waals surface area contributed by atoms with Crippen LogP contribution in [0.5, 0.6) is 0 Å². The minimum absolute atomic E-state index is 0.284. The number of ether oxygens (including phenoxy) is 4. The molecule has 0 aliphatic carbocycles. The first kappa shape index (κ1) is 13.0. The largest absolute Gasteiger partial charge is 0.390 e. The van der Waals surface area contributed by atoms with Crippen molar-refractivity contribution in [2.45, 2.75) is 37.3 Å². The van der Waals surface area contributed by atoms with Gasteiger partial charge in [0.05, 0.1) is 12.7 Å². The van der Waals surface area contributed by atoms with Crippen molar-refractivity contribution in [2.24, 2.45) is 0 Å². The van der Waals surface area contributed by atoms with Crippen LogP contribution in [0.4, 0.5) is 0 Å². The Morgan fingerprint density at radius 1 is 1.21 bits per heavy atom. The normalized spacial score (nSPS) is 38.7. The third-order valence-electron chi connectivity index (χ3n) is 3.53. The van der Waals surface area contributed by atoms with E-state index in [1.54, 1.807) is 7.11 Å². The third kappa shape index (κ3) is 2.66. The highest BCUT2D eigenvalue weighted by molar-refractivity contribution is 5.16. The zero-order valence-corrected chi connectivity index (χ0v) is 10.8. The number of rotatable bonds is 2. The molecule has 2 aliphatic rings. The first-order chi connectivity index (χ1) is 9.28. The summed E-state index contributed by atoms with van der Waals surface area (Å²) < 4.78 is 22.3. The van der Waals surface area contributed by atoms with Crippen molar-refractivity contribution in [3.8, 4) is 0 Å². The molecule has 0 unspecified atom stereocenters. The van der Waals surface area contributed by atoms with E-state index < -0.39 is 18.7 Å². The van der Waals surface area contributed by atoms with Crippen molar-refractivity contribution < 1.29 is 24.1 Å². The molecule has 19 heavy (non-hydrogen) atoms. The highest BCUT2D eigenvalue weighted by Crippen LogP contribution is 2.33. The molecule has 1 aromatic rings. The van der Waals surface area contributed by atoms with Gasteiger partial charge in [0.1, 0.15) is 12.2 Å². The molecule has 5 nitrogen and oxygen atoms in total. The van der Waals surface area contributed by atoms with Gasteiger partial charge in [0.2, 0.25) is 0 Å². The molecule has 0 aromatic heterocycles.